The quantitative estimate of drug-likeness (QED) is 0.542. The Balaban J connectivity index is 1.43. The molecule has 0 unspecified atom stereocenters. The van der Waals surface area contributed by atoms with Crippen LogP contribution >= 0.6 is 11.6 Å². The molecule has 0 aliphatic rings. The van der Waals surface area contributed by atoms with Crippen LogP contribution in [0.5, 0.6) is 0 Å². The number of pyridine rings is 2. The lowest BCUT2D eigenvalue weighted by molar-refractivity contribution is 0.845. The van der Waals surface area contributed by atoms with Crippen LogP contribution < -0.4 is 0 Å². The summed E-state index contributed by atoms with van der Waals surface area (Å²) in [6.07, 6.45) is 11.9. The Morgan fingerprint density at radius 1 is 0.923 bits per heavy atom. The molecule has 0 aromatic carbocycles. The van der Waals surface area contributed by atoms with Crippen molar-refractivity contribution in [2.75, 3.05) is 0 Å². The van der Waals surface area contributed by atoms with Gasteiger partial charge >= 0.3 is 0 Å². The lowest BCUT2D eigenvalue weighted by atomic mass is 10.1. The van der Waals surface area contributed by atoms with Gasteiger partial charge in [0.15, 0.2) is 0 Å². The number of rotatable bonds is 5. The molecule has 0 aliphatic carbocycles. The Hall–Kier alpha value is -2.79. The topological polar surface area (TPSA) is 67.3 Å². The van der Waals surface area contributed by atoms with Crippen LogP contribution in [0.15, 0.2) is 49.2 Å². The van der Waals surface area contributed by atoms with Gasteiger partial charge in [-0.15, -0.1) is 0 Å². The Labute approximate surface area is 156 Å². The van der Waals surface area contributed by atoms with Gasteiger partial charge in [-0.25, -0.2) is 19.9 Å². The highest BCUT2D eigenvalue weighted by molar-refractivity contribution is 6.29. The van der Waals surface area contributed by atoms with Crippen LogP contribution in [0, 0.1) is 6.92 Å². The predicted molar refractivity (Wildman–Crippen MR) is 102 cm³/mol. The van der Waals surface area contributed by atoms with Crippen molar-refractivity contribution in [1.82, 2.24) is 24.9 Å². The molecular formula is C20H18ClN5. The van der Waals surface area contributed by atoms with Gasteiger partial charge in [0.2, 0.25) is 0 Å². The summed E-state index contributed by atoms with van der Waals surface area (Å²) < 4.78 is 0. The summed E-state index contributed by atoms with van der Waals surface area (Å²) in [5, 5.41) is 1.67. The highest BCUT2D eigenvalue weighted by atomic mass is 35.5. The van der Waals surface area contributed by atoms with E-state index in [0.29, 0.717) is 5.15 Å². The summed E-state index contributed by atoms with van der Waals surface area (Å²) in [6, 6.07) is 5.94. The van der Waals surface area contributed by atoms with Crippen molar-refractivity contribution in [3.05, 3.63) is 82.4 Å². The number of aryl methyl sites for hydroxylation is 3. The summed E-state index contributed by atoms with van der Waals surface area (Å²) in [7, 11) is 0. The standard InChI is InChI=1S/C20H18ClN5/c1-13-6-17-16(12-26-20(17)25-8-13)7-15-10-23-19(24-11-15)5-3-14-2-4-18(21)22-9-14/h2,4,6,8-12H,3,5,7H2,1H3,(H,25,26). The van der Waals surface area contributed by atoms with Gasteiger partial charge in [-0.1, -0.05) is 17.7 Å². The first-order chi connectivity index (χ1) is 12.7. The zero-order chi connectivity index (χ0) is 17.9. The van der Waals surface area contributed by atoms with Gasteiger partial charge in [0.1, 0.15) is 16.6 Å². The first kappa shape index (κ1) is 16.7. The maximum absolute atomic E-state index is 5.81. The lowest BCUT2D eigenvalue weighted by Gasteiger charge is -2.03. The number of aromatic amines is 1. The van der Waals surface area contributed by atoms with Crippen molar-refractivity contribution in [2.24, 2.45) is 0 Å². The minimum Gasteiger partial charge on any atom is -0.346 e. The molecule has 1 N–H and O–H groups in total. The molecule has 26 heavy (non-hydrogen) atoms. The van der Waals surface area contributed by atoms with Gasteiger partial charge in [0.25, 0.3) is 0 Å². The number of nitrogens with one attached hydrogen (secondary N) is 1. The number of hydrogen-bond donors (Lipinski definition) is 1. The van der Waals surface area contributed by atoms with Crippen molar-refractivity contribution in [2.45, 2.75) is 26.2 Å². The largest absolute Gasteiger partial charge is 0.346 e. The summed E-state index contributed by atoms with van der Waals surface area (Å²) in [5.41, 5.74) is 5.49. The monoisotopic (exact) mass is 363 g/mol. The molecular weight excluding hydrogens is 346 g/mol. The number of H-pyrrole nitrogens is 1. The minimum atomic E-state index is 0.511. The molecule has 4 rings (SSSR count). The maximum Gasteiger partial charge on any atom is 0.137 e. The Morgan fingerprint density at radius 3 is 2.50 bits per heavy atom. The van der Waals surface area contributed by atoms with Crippen LogP contribution in [-0.4, -0.2) is 24.9 Å². The molecule has 4 heterocycles. The number of nitrogens with zero attached hydrogens (tertiary/aromatic N) is 4. The van der Waals surface area contributed by atoms with Crippen LogP contribution in [0.2, 0.25) is 5.15 Å². The summed E-state index contributed by atoms with van der Waals surface area (Å²) in [6.45, 7) is 2.05. The molecule has 5 nitrogen and oxygen atoms in total. The van der Waals surface area contributed by atoms with Crippen molar-refractivity contribution in [1.29, 1.82) is 0 Å². The molecule has 130 valence electrons. The number of halogens is 1. The summed E-state index contributed by atoms with van der Waals surface area (Å²) in [5.74, 6) is 0.833. The number of fused-ring (bicyclic) bond motifs is 1. The van der Waals surface area contributed by atoms with E-state index in [4.69, 9.17) is 11.6 Å². The van der Waals surface area contributed by atoms with E-state index in [9.17, 15) is 0 Å². The molecule has 0 atom stereocenters. The van der Waals surface area contributed by atoms with Crippen LogP contribution in [0.1, 0.15) is 28.1 Å². The third kappa shape index (κ3) is 3.73. The molecule has 0 radical (unpaired) electrons. The summed E-state index contributed by atoms with van der Waals surface area (Å²) in [4.78, 5) is 20.7. The van der Waals surface area contributed by atoms with E-state index in [0.717, 1.165) is 52.8 Å². The highest BCUT2D eigenvalue weighted by Gasteiger charge is 2.07. The van der Waals surface area contributed by atoms with Gasteiger partial charge in [-0.2, -0.15) is 0 Å². The predicted octanol–water partition coefficient (Wildman–Crippen LogP) is 4.09. The average Bonchev–Trinajstić information content (AvgIpc) is 3.04. The van der Waals surface area contributed by atoms with E-state index in [1.807, 2.05) is 30.9 Å². The van der Waals surface area contributed by atoms with Crippen LogP contribution in [0.3, 0.4) is 0 Å². The Kier molecular flexibility index (Phi) is 4.63. The van der Waals surface area contributed by atoms with Gasteiger partial charge in [-0.3, -0.25) is 0 Å². The molecule has 0 aliphatic heterocycles. The van der Waals surface area contributed by atoms with Crippen molar-refractivity contribution in [3.63, 3.8) is 0 Å². The number of aromatic nitrogens is 5. The van der Waals surface area contributed by atoms with E-state index in [1.165, 1.54) is 5.56 Å². The maximum atomic E-state index is 5.81. The van der Waals surface area contributed by atoms with Crippen molar-refractivity contribution in [3.8, 4) is 0 Å². The van der Waals surface area contributed by atoms with Crippen LogP contribution in [-0.2, 0) is 19.3 Å². The normalized spacial score (nSPS) is 11.2. The molecule has 4 aromatic rings. The molecule has 0 spiro atoms. The second-order valence-electron chi connectivity index (χ2n) is 6.40. The van der Waals surface area contributed by atoms with E-state index in [-0.39, 0.29) is 0 Å². The first-order valence-electron chi connectivity index (χ1n) is 8.50. The molecule has 4 aromatic heterocycles. The van der Waals surface area contributed by atoms with E-state index in [1.54, 1.807) is 12.3 Å². The van der Waals surface area contributed by atoms with E-state index >= 15 is 0 Å². The molecule has 0 amide bonds. The Morgan fingerprint density at radius 2 is 1.73 bits per heavy atom. The van der Waals surface area contributed by atoms with E-state index in [2.05, 4.69) is 37.9 Å². The molecule has 0 bridgehead atoms. The molecule has 0 fully saturated rings. The average molecular weight is 364 g/mol. The SMILES string of the molecule is Cc1cnc2[nH]cc(Cc3cnc(CCc4ccc(Cl)nc4)nc3)c2c1. The minimum absolute atomic E-state index is 0.511. The third-order valence-electron chi connectivity index (χ3n) is 4.33. The van der Waals surface area contributed by atoms with Gasteiger partial charge in [0, 0.05) is 49.2 Å². The van der Waals surface area contributed by atoms with Crippen LogP contribution in [0.4, 0.5) is 0 Å². The fraction of sp³-hybridized carbons (Fsp3) is 0.200. The summed E-state index contributed by atoms with van der Waals surface area (Å²) >= 11 is 5.81. The fourth-order valence-corrected chi connectivity index (χ4v) is 3.05. The molecule has 0 saturated heterocycles. The Bertz CT molecular complexity index is 1020. The van der Waals surface area contributed by atoms with Gasteiger partial charge in [0.05, 0.1) is 0 Å². The van der Waals surface area contributed by atoms with Gasteiger partial charge < -0.3 is 4.98 Å². The zero-order valence-corrected chi connectivity index (χ0v) is 15.2. The van der Waals surface area contributed by atoms with E-state index < -0.39 is 0 Å². The van der Waals surface area contributed by atoms with Crippen LogP contribution in [0.25, 0.3) is 11.0 Å². The zero-order valence-electron chi connectivity index (χ0n) is 14.4. The highest BCUT2D eigenvalue weighted by Crippen LogP contribution is 2.20. The van der Waals surface area contributed by atoms with Crippen molar-refractivity contribution < 1.29 is 0 Å². The molecule has 6 heteroatoms. The second kappa shape index (κ2) is 7.22. The fourth-order valence-electron chi connectivity index (χ4n) is 2.94. The smallest absolute Gasteiger partial charge is 0.137 e. The third-order valence-corrected chi connectivity index (χ3v) is 4.56. The second-order valence-corrected chi connectivity index (χ2v) is 6.78. The number of hydrogen-bond acceptors (Lipinski definition) is 4. The first-order valence-corrected chi connectivity index (χ1v) is 8.88. The lowest BCUT2D eigenvalue weighted by Crippen LogP contribution is -2.00. The van der Waals surface area contributed by atoms with Crippen molar-refractivity contribution >= 4 is 22.6 Å². The van der Waals surface area contributed by atoms with Gasteiger partial charge in [-0.05, 0) is 47.7 Å². The molecule has 0 saturated carbocycles.